The highest BCUT2D eigenvalue weighted by Crippen LogP contribution is 2.28. The minimum Gasteiger partial charge on any atom is -0.354 e. The van der Waals surface area contributed by atoms with Crippen LogP contribution in [0.5, 0.6) is 0 Å². The van der Waals surface area contributed by atoms with Crippen LogP contribution in [0.1, 0.15) is 40.2 Å². The molecule has 1 aromatic heterocycles. The second-order valence-electron chi connectivity index (χ2n) is 6.77. The van der Waals surface area contributed by atoms with Gasteiger partial charge in [-0.05, 0) is 38.3 Å². The molecule has 6 nitrogen and oxygen atoms in total. The molecule has 0 unspecified atom stereocenters. The minimum atomic E-state index is -0.0551. The number of fused-ring (bicyclic) bond motifs is 1. The first-order valence-corrected chi connectivity index (χ1v) is 8.87. The maximum absolute atomic E-state index is 13.0. The fourth-order valence-corrected chi connectivity index (χ4v) is 3.63. The normalized spacial score (nSPS) is 17.2. The predicted molar refractivity (Wildman–Crippen MR) is 93.9 cm³/mol. The van der Waals surface area contributed by atoms with Gasteiger partial charge in [0, 0.05) is 37.3 Å². The number of hydrogen-bond donors (Lipinski definition) is 1. The summed E-state index contributed by atoms with van der Waals surface area (Å²) < 4.78 is 1.93. The van der Waals surface area contributed by atoms with Crippen molar-refractivity contribution in [3.8, 4) is 5.69 Å². The Morgan fingerprint density at radius 2 is 1.92 bits per heavy atom. The number of nitrogens with one attached hydrogen (secondary N) is 1. The summed E-state index contributed by atoms with van der Waals surface area (Å²) in [6.07, 6.45) is 3.25. The van der Waals surface area contributed by atoms with E-state index in [4.69, 9.17) is 0 Å². The molecular formula is C19H22N4O2. The number of carbonyl (C=O) groups is 2. The van der Waals surface area contributed by atoms with Gasteiger partial charge in [0.1, 0.15) is 0 Å². The van der Waals surface area contributed by atoms with Crippen molar-refractivity contribution in [3.05, 3.63) is 46.8 Å². The van der Waals surface area contributed by atoms with Crippen molar-refractivity contribution in [1.82, 2.24) is 20.0 Å². The van der Waals surface area contributed by atoms with Gasteiger partial charge in [-0.1, -0.05) is 17.7 Å². The third-order valence-electron chi connectivity index (χ3n) is 5.01. The molecule has 2 heterocycles. The van der Waals surface area contributed by atoms with Crippen LogP contribution in [0, 0.1) is 6.92 Å². The average Bonchev–Trinajstić information content (AvgIpc) is 3.14. The van der Waals surface area contributed by atoms with E-state index >= 15 is 0 Å². The molecule has 0 bridgehead atoms. The first kappa shape index (κ1) is 15.9. The van der Waals surface area contributed by atoms with E-state index in [2.05, 4.69) is 29.5 Å². The van der Waals surface area contributed by atoms with Crippen molar-refractivity contribution in [2.75, 3.05) is 19.6 Å². The molecule has 25 heavy (non-hydrogen) atoms. The zero-order chi connectivity index (χ0) is 17.4. The van der Waals surface area contributed by atoms with Gasteiger partial charge in [0.2, 0.25) is 5.91 Å². The molecule has 1 aliphatic carbocycles. The fraction of sp³-hybridized carbons (Fsp3) is 0.421. The fourth-order valence-electron chi connectivity index (χ4n) is 3.63. The topological polar surface area (TPSA) is 67.2 Å². The van der Waals surface area contributed by atoms with Crippen LogP contribution in [0.15, 0.2) is 24.3 Å². The lowest BCUT2D eigenvalue weighted by Gasteiger charge is -2.18. The SMILES string of the molecule is Cc1ccc(-n2nc(C(=O)N3CCNC(=O)CC3)c3c2CCC3)cc1. The van der Waals surface area contributed by atoms with Crippen LogP contribution in [-0.4, -0.2) is 46.1 Å². The van der Waals surface area contributed by atoms with Crippen molar-refractivity contribution in [2.24, 2.45) is 0 Å². The second-order valence-corrected chi connectivity index (χ2v) is 6.77. The number of hydrogen-bond acceptors (Lipinski definition) is 3. The van der Waals surface area contributed by atoms with E-state index in [0.29, 0.717) is 31.7 Å². The summed E-state index contributed by atoms with van der Waals surface area (Å²) in [5, 5.41) is 7.49. The number of rotatable bonds is 2. The highest BCUT2D eigenvalue weighted by Gasteiger charge is 2.30. The van der Waals surface area contributed by atoms with Gasteiger partial charge in [0.05, 0.1) is 5.69 Å². The summed E-state index contributed by atoms with van der Waals surface area (Å²) in [7, 11) is 0. The molecular weight excluding hydrogens is 316 g/mol. The second kappa shape index (κ2) is 6.35. The van der Waals surface area contributed by atoms with Gasteiger partial charge in [-0.2, -0.15) is 5.10 Å². The molecule has 0 spiro atoms. The van der Waals surface area contributed by atoms with Crippen molar-refractivity contribution >= 4 is 11.8 Å². The van der Waals surface area contributed by atoms with Crippen LogP contribution in [0.2, 0.25) is 0 Å². The average molecular weight is 338 g/mol. The Kier molecular flexibility index (Phi) is 4.03. The van der Waals surface area contributed by atoms with Crippen LogP contribution in [0.25, 0.3) is 5.69 Å². The minimum absolute atomic E-state index is 0.00529. The van der Waals surface area contributed by atoms with Crippen molar-refractivity contribution in [1.29, 1.82) is 0 Å². The van der Waals surface area contributed by atoms with Crippen molar-refractivity contribution in [3.63, 3.8) is 0 Å². The zero-order valence-corrected chi connectivity index (χ0v) is 14.4. The molecule has 0 atom stereocenters. The molecule has 1 N–H and O–H groups in total. The van der Waals surface area contributed by atoms with Gasteiger partial charge in [-0.25, -0.2) is 4.68 Å². The van der Waals surface area contributed by atoms with Crippen LogP contribution in [-0.2, 0) is 17.6 Å². The highest BCUT2D eigenvalue weighted by atomic mass is 16.2. The summed E-state index contributed by atoms with van der Waals surface area (Å²) in [6, 6.07) is 8.21. The first-order chi connectivity index (χ1) is 12.1. The molecule has 4 rings (SSSR count). The molecule has 130 valence electrons. The lowest BCUT2D eigenvalue weighted by molar-refractivity contribution is -0.120. The number of carbonyl (C=O) groups excluding carboxylic acids is 2. The van der Waals surface area contributed by atoms with E-state index in [0.717, 1.165) is 36.2 Å². The maximum Gasteiger partial charge on any atom is 0.274 e. The molecule has 2 amide bonds. The van der Waals surface area contributed by atoms with E-state index in [1.165, 1.54) is 5.56 Å². The van der Waals surface area contributed by atoms with E-state index in [-0.39, 0.29) is 11.8 Å². The third kappa shape index (κ3) is 2.92. The molecule has 1 aromatic carbocycles. The van der Waals surface area contributed by atoms with Crippen LogP contribution >= 0.6 is 0 Å². The Balaban J connectivity index is 1.68. The van der Waals surface area contributed by atoms with Gasteiger partial charge in [-0.15, -0.1) is 0 Å². The summed E-state index contributed by atoms with van der Waals surface area (Å²) in [5.41, 5.74) is 4.98. The zero-order valence-electron chi connectivity index (χ0n) is 14.4. The molecule has 1 fully saturated rings. The molecule has 2 aliphatic rings. The number of nitrogens with zero attached hydrogens (tertiary/aromatic N) is 3. The number of aryl methyl sites for hydroxylation is 1. The molecule has 0 radical (unpaired) electrons. The van der Waals surface area contributed by atoms with Gasteiger partial charge >= 0.3 is 0 Å². The first-order valence-electron chi connectivity index (χ1n) is 8.87. The van der Waals surface area contributed by atoms with Gasteiger partial charge in [-0.3, -0.25) is 9.59 Å². The molecule has 6 heteroatoms. The Bertz CT molecular complexity index is 823. The van der Waals surface area contributed by atoms with Crippen molar-refractivity contribution in [2.45, 2.75) is 32.6 Å². The quantitative estimate of drug-likeness (QED) is 0.905. The molecule has 1 aliphatic heterocycles. The van der Waals surface area contributed by atoms with Gasteiger partial charge in [0.15, 0.2) is 5.69 Å². The van der Waals surface area contributed by atoms with E-state index in [1.54, 1.807) is 4.90 Å². The summed E-state index contributed by atoms with van der Waals surface area (Å²) in [6.45, 7) is 3.56. The molecule has 0 saturated carbocycles. The molecule has 2 aromatic rings. The maximum atomic E-state index is 13.0. The predicted octanol–water partition coefficient (Wildman–Crippen LogP) is 1.63. The smallest absolute Gasteiger partial charge is 0.274 e. The monoisotopic (exact) mass is 338 g/mol. The van der Waals surface area contributed by atoms with E-state index in [1.807, 2.05) is 16.8 Å². The standard InChI is InChI=1S/C19H22N4O2/c1-13-5-7-14(8-6-13)23-16-4-2-3-15(16)18(21-23)19(25)22-11-9-17(24)20-10-12-22/h5-8H,2-4,9-12H2,1H3,(H,20,24). The highest BCUT2D eigenvalue weighted by molar-refractivity contribution is 5.95. The summed E-state index contributed by atoms with van der Waals surface area (Å²) >= 11 is 0. The van der Waals surface area contributed by atoms with Crippen LogP contribution in [0.3, 0.4) is 0 Å². The number of benzene rings is 1. The van der Waals surface area contributed by atoms with Gasteiger partial charge in [0.25, 0.3) is 5.91 Å². The Morgan fingerprint density at radius 3 is 2.72 bits per heavy atom. The number of aromatic nitrogens is 2. The largest absolute Gasteiger partial charge is 0.354 e. The summed E-state index contributed by atoms with van der Waals surface area (Å²) in [5.74, 6) is -0.0498. The van der Waals surface area contributed by atoms with Crippen molar-refractivity contribution < 1.29 is 9.59 Å². The van der Waals surface area contributed by atoms with Crippen LogP contribution < -0.4 is 5.32 Å². The Hall–Kier alpha value is -2.63. The Morgan fingerprint density at radius 1 is 1.12 bits per heavy atom. The van der Waals surface area contributed by atoms with E-state index in [9.17, 15) is 9.59 Å². The lowest BCUT2D eigenvalue weighted by atomic mass is 10.1. The number of amides is 2. The molecule has 1 saturated heterocycles. The summed E-state index contributed by atoms with van der Waals surface area (Å²) in [4.78, 5) is 26.3. The third-order valence-corrected chi connectivity index (χ3v) is 5.01. The Labute approximate surface area is 146 Å². The lowest BCUT2D eigenvalue weighted by Crippen LogP contribution is -2.35. The van der Waals surface area contributed by atoms with E-state index < -0.39 is 0 Å². The van der Waals surface area contributed by atoms with Gasteiger partial charge < -0.3 is 10.2 Å². The van der Waals surface area contributed by atoms with Crippen LogP contribution in [0.4, 0.5) is 0 Å².